The Labute approximate surface area is 242 Å². The van der Waals surface area contributed by atoms with Crippen molar-refractivity contribution in [3.05, 3.63) is 20.1 Å². The summed E-state index contributed by atoms with van der Waals surface area (Å²) in [5.41, 5.74) is 6.88. The van der Waals surface area contributed by atoms with Gasteiger partial charge in [0.1, 0.15) is 18.2 Å². The Morgan fingerprint density at radius 3 is 2.08 bits per heavy atom. The SMILES string of the molecule is CCCCCCCCCCCCCCCCOCCCOP(=O)([O-])CO[C@H](C)Cn1cnc2c(N)ncnc21.[CH3+]. The van der Waals surface area contributed by atoms with Crippen LogP contribution in [0.3, 0.4) is 0 Å². The summed E-state index contributed by atoms with van der Waals surface area (Å²) >= 11 is 0. The molecule has 2 atom stereocenters. The van der Waals surface area contributed by atoms with Gasteiger partial charge >= 0.3 is 0 Å². The highest BCUT2D eigenvalue weighted by Gasteiger charge is 2.14. The van der Waals surface area contributed by atoms with Crippen molar-refractivity contribution in [2.24, 2.45) is 0 Å². The van der Waals surface area contributed by atoms with Gasteiger partial charge in [0.15, 0.2) is 19.1 Å². The third-order valence-corrected chi connectivity index (χ3v) is 7.80. The Kier molecular flexibility index (Phi) is 19.9. The average molecular weight is 584 g/mol. The number of hydrogen-bond acceptors (Lipinski definition) is 9. The zero-order valence-corrected chi connectivity index (χ0v) is 26.1. The lowest BCUT2D eigenvalue weighted by atomic mass is 10.0. The number of imidazole rings is 1. The van der Waals surface area contributed by atoms with E-state index in [2.05, 4.69) is 21.9 Å². The van der Waals surface area contributed by atoms with Crippen molar-refractivity contribution in [1.29, 1.82) is 0 Å². The van der Waals surface area contributed by atoms with E-state index >= 15 is 0 Å². The molecule has 40 heavy (non-hydrogen) atoms. The Morgan fingerprint density at radius 1 is 0.875 bits per heavy atom. The third kappa shape index (κ3) is 15.9. The van der Waals surface area contributed by atoms with Crippen LogP contribution in [0.15, 0.2) is 12.7 Å². The van der Waals surface area contributed by atoms with E-state index in [4.69, 9.17) is 19.7 Å². The van der Waals surface area contributed by atoms with Crippen LogP contribution in [0.5, 0.6) is 0 Å². The molecule has 11 heteroatoms. The van der Waals surface area contributed by atoms with E-state index in [-0.39, 0.29) is 14.0 Å². The minimum atomic E-state index is -4.08. The average Bonchev–Trinajstić information content (AvgIpc) is 3.32. The van der Waals surface area contributed by atoms with Crippen LogP contribution in [-0.4, -0.2) is 51.8 Å². The van der Waals surface area contributed by atoms with Crippen LogP contribution in [0.25, 0.3) is 11.2 Å². The van der Waals surface area contributed by atoms with Gasteiger partial charge in [0.2, 0.25) is 0 Å². The molecular formula is C29H54N5O5P. The van der Waals surface area contributed by atoms with Gasteiger partial charge in [-0.25, -0.2) is 15.0 Å². The molecule has 2 heterocycles. The maximum atomic E-state index is 12.2. The number of unbranched alkanes of at least 4 members (excludes halogenated alkanes) is 13. The molecule has 0 bridgehead atoms. The maximum absolute atomic E-state index is 12.2. The monoisotopic (exact) mass is 583 g/mol. The van der Waals surface area contributed by atoms with E-state index in [0.717, 1.165) is 6.42 Å². The summed E-state index contributed by atoms with van der Waals surface area (Å²) in [6, 6.07) is 0. The van der Waals surface area contributed by atoms with Crippen molar-refractivity contribution in [3.8, 4) is 0 Å². The lowest BCUT2D eigenvalue weighted by molar-refractivity contribution is -0.205. The van der Waals surface area contributed by atoms with Gasteiger partial charge in [0.05, 0.1) is 25.6 Å². The van der Waals surface area contributed by atoms with Gasteiger partial charge in [-0.05, 0) is 19.8 Å². The van der Waals surface area contributed by atoms with E-state index in [0.29, 0.717) is 43.2 Å². The van der Waals surface area contributed by atoms with Crippen molar-refractivity contribution in [2.45, 2.75) is 123 Å². The first-order valence-electron chi connectivity index (χ1n) is 15.0. The van der Waals surface area contributed by atoms with Crippen LogP contribution >= 0.6 is 7.60 Å². The lowest BCUT2D eigenvalue weighted by Gasteiger charge is -2.25. The molecule has 2 N–H and O–H groups in total. The third-order valence-electron chi connectivity index (χ3n) is 6.76. The van der Waals surface area contributed by atoms with Crippen LogP contribution in [0, 0.1) is 7.43 Å². The minimum absolute atomic E-state index is 0. The molecule has 0 spiro atoms. The molecule has 0 radical (unpaired) electrons. The molecule has 2 aromatic rings. The first-order chi connectivity index (χ1) is 18.9. The first-order valence-corrected chi connectivity index (χ1v) is 16.7. The lowest BCUT2D eigenvalue weighted by Crippen LogP contribution is -2.20. The van der Waals surface area contributed by atoms with E-state index in [1.54, 1.807) is 17.8 Å². The van der Waals surface area contributed by atoms with Crippen molar-refractivity contribution in [1.82, 2.24) is 19.5 Å². The summed E-state index contributed by atoms with van der Waals surface area (Å²) in [7, 11) is -4.08. The Hall–Kier alpha value is -1.71. The number of hydrogen-bond donors (Lipinski definition) is 1. The van der Waals surface area contributed by atoms with E-state index in [1.807, 2.05) is 0 Å². The predicted molar refractivity (Wildman–Crippen MR) is 161 cm³/mol. The van der Waals surface area contributed by atoms with E-state index < -0.39 is 20.0 Å². The number of ether oxygens (including phenoxy) is 2. The number of rotatable bonds is 25. The fraction of sp³-hybridized carbons (Fsp3) is 0.793. The number of nitrogens with zero attached hydrogens (tertiary/aromatic N) is 4. The molecule has 0 aliphatic carbocycles. The minimum Gasteiger partial charge on any atom is -0.777 e. The topological polar surface area (TPSA) is 137 Å². The van der Waals surface area contributed by atoms with Crippen LogP contribution in [0.4, 0.5) is 5.82 Å². The van der Waals surface area contributed by atoms with Gasteiger partial charge in [-0.1, -0.05) is 90.4 Å². The normalized spacial score (nSPS) is 13.8. The molecule has 0 aliphatic heterocycles. The molecule has 0 saturated carbocycles. The fourth-order valence-electron chi connectivity index (χ4n) is 4.48. The highest BCUT2D eigenvalue weighted by atomic mass is 31.2. The summed E-state index contributed by atoms with van der Waals surface area (Å²) < 4.78 is 30.1. The second-order valence-corrected chi connectivity index (χ2v) is 12.2. The molecule has 10 nitrogen and oxygen atoms in total. The molecule has 0 aliphatic rings. The van der Waals surface area contributed by atoms with E-state index in [1.165, 1.54) is 89.8 Å². The highest BCUT2D eigenvalue weighted by Crippen LogP contribution is 2.37. The molecule has 2 aromatic heterocycles. The van der Waals surface area contributed by atoms with Gasteiger partial charge in [-0.15, -0.1) is 0 Å². The van der Waals surface area contributed by atoms with Crippen molar-refractivity contribution in [3.63, 3.8) is 0 Å². The van der Waals surface area contributed by atoms with Gasteiger partial charge in [-0.3, -0.25) is 0 Å². The summed E-state index contributed by atoms with van der Waals surface area (Å²) in [6.07, 6.45) is 21.3. The Balaban J connectivity index is 0.00000800. The molecule has 1 unspecified atom stereocenters. The molecule has 2 rings (SSSR count). The second kappa shape index (κ2) is 22.0. The summed E-state index contributed by atoms with van der Waals surface area (Å²) in [5.74, 6) is 0.299. The molecule has 0 amide bonds. The number of anilines is 1. The van der Waals surface area contributed by atoms with Crippen molar-refractivity contribution < 1.29 is 23.5 Å². The van der Waals surface area contributed by atoms with E-state index in [9.17, 15) is 9.46 Å². The van der Waals surface area contributed by atoms with Gasteiger partial charge in [0, 0.05) is 20.6 Å². The van der Waals surface area contributed by atoms with Crippen LogP contribution in [0.2, 0.25) is 0 Å². The zero-order valence-electron chi connectivity index (χ0n) is 25.2. The number of aromatic nitrogens is 4. The second-order valence-electron chi connectivity index (χ2n) is 10.4. The van der Waals surface area contributed by atoms with Crippen LogP contribution in [0.1, 0.15) is 110 Å². The molecule has 0 fully saturated rings. The molecule has 230 valence electrons. The fourth-order valence-corrected chi connectivity index (χ4v) is 5.40. The Bertz CT molecular complexity index is 945. The zero-order chi connectivity index (χ0) is 28.2. The smallest absolute Gasteiger partial charge is 0.165 e. The standard InChI is InChI=1S/C28H52N5O5P.CH3/c1-3-4-5-6-7-8-9-10-11-12-13-14-15-16-18-36-19-17-20-38-39(34,35)24-37-25(2)21-33-23-32-26-27(29)30-22-31-28(26)33;/h22-23,25H,3-21,24H2,1-2H3,(H,34,35)(H2,29,30,31);1H3/q;+1/p-1/t25-;/m1./s1. The molecule has 0 aromatic carbocycles. The molecule has 0 saturated heterocycles. The predicted octanol–water partition coefficient (Wildman–Crippen LogP) is 6.68. The quantitative estimate of drug-likeness (QED) is 0.0770. The highest BCUT2D eigenvalue weighted by molar-refractivity contribution is 7.51. The maximum Gasteiger partial charge on any atom is 0.165 e. The van der Waals surface area contributed by atoms with Crippen LogP contribution in [-0.2, 0) is 25.1 Å². The van der Waals surface area contributed by atoms with Gasteiger partial charge in [-0.2, -0.15) is 0 Å². The summed E-state index contributed by atoms with van der Waals surface area (Å²) in [5, 5.41) is 0. The number of fused-ring (bicyclic) bond motifs is 1. The van der Waals surface area contributed by atoms with Crippen molar-refractivity contribution in [2.75, 3.05) is 31.9 Å². The summed E-state index contributed by atoms with van der Waals surface area (Å²) in [6.45, 7) is 5.73. The largest absolute Gasteiger partial charge is 0.777 e. The number of nitrogens with two attached hydrogens (primary N) is 1. The summed E-state index contributed by atoms with van der Waals surface area (Å²) in [4.78, 5) is 24.4. The van der Waals surface area contributed by atoms with Gasteiger partial charge in [0.25, 0.3) is 0 Å². The first kappa shape index (κ1) is 36.3. The van der Waals surface area contributed by atoms with Crippen LogP contribution < -0.4 is 10.6 Å². The number of nitrogen functional groups attached to an aromatic ring is 1. The van der Waals surface area contributed by atoms with Crippen molar-refractivity contribution >= 4 is 24.6 Å². The molecular weight excluding hydrogens is 529 g/mol. The Morgan fingerprint density at radius 2 is 1.45 bits per heavy atom. The van der Waals surface area contributed by atoms with Gasteiger partial charge < -0.3 is 33.8 Å².